The minimum Gasteiger partial charge on any atom is -0.475 e. The summed E-state index contributed by atoms with van der Waals surface area (Å²) in [5.74, 6) is 2.98. The van der Waals surface area contributed by atoms with Crippen LogP contribution in [0.2, 0.25) is 0 Å². The van der Waals surface area contributed by atoms with E-state index in [-0.39, 0.29) is 52.3 Å². The number of carboxylic acid groups (broad SMARTS) is 1. The standard InChI is InChI=1S/C24H25N7O3.C15H21N5O2.C9H6N2O2/c1-14-12-30(24(33)21-25-10-16-4-2-3-5-18(16)27-21)13-17(14)20-28-23(32)19-11-26-22(31(19)29-20)15-6-8-34-9-7-15;1-9-6-16-7-11(9)13-18-15(21)12-8-17-14(20(12)19-13)10-2-4-22-5-3-10;12-9(13)8-10-5-6-3-1-2-4-7(6)11-8/h2-5,10-11,14-15,17H,6-9,12-13H2,1H3,(H,28,29,32);8-11,16H,2-7H2,1H3,(H,18,19,21);1-5H,(H,12,13). The maximum Gasteiger partial charge on any atom is 0.373 e. The number of carbonyl (C=O) groups excluding carboxylic acids is 1. The molecule has 8 aromatic rings. The molecular formula is C48H52N14O7. The van der Waals surface area contributed by atoms with Crippen LogP contribution in [0.15, 0.2) is 82.9 Å². The van der Waals surface area contributed by atoms with E-state index in [9.17, 15) is 19.2 Å². The van der Waals surface area contributed by atoms with Crippen molar-refractivity contribution in [2.75, 3.05) is 52.6 Å². The van der Waals surface area contributed by atoms with Gasteiger partial charge < -0.3 is 34.8 Å². The van der Waals surface area contributed by atoms with E-state index < -0.39 is 5.97 Å². The number of likely N-dealkylation sites (tertiary alicyclic amines) is 1. The number of fused-ring (bicyclic) bond motifs is 4. The molecule has 0 bridgehead atoms. The van der Waals surface area contributed by atoms with Crippen molar-refractivity contribution in [1.29, 1.82) is 0 Å². The summed E-state index contributed by atoms with van der Waals surface area (Å²) in [5, 5.41) is 23.2. The Morgan fingerprint density at radius 2 is 1.13 bits per heavy atom. The number of rotatable bonds is 6. The van der Waals surface area contributed by atoms with Crippen molar-refractivity contribution in [2.45, 2.75) is 63.2 Å². The second-order valence-electron chi connectivity index (χ2n) is 18.1. The summed E-state index contributed by atoms with van der Waals surface area (Å²) >= 11 is 0. The number of aromatic amines is 2. The lowest BCUT2D eigenvalue weighted by Gasteiger charge is -2.21. The predicted octanol–water partition coefficient (Wildman–Crippen LogP) is 4.09. The molecular weight excluding hydrogens is 885 g/mol. The highest BCUT2D eigenvalue weighted by molar-refractivity contribution is 5.93. The van der Waals surface area contributed by atoms with Crippen molar-refractivity contribution in [3.8, 4) is 0 Å². The molecule has 4 unspecified atom stereocenters. The van der Waals surface area contributed by atoms with Crippen molar-refractivity contribution < 1.29 is 24.2 Å². The Morgan fingerprint density at radius 1 is 0.623 bits per heavy atom. The number of aromatic nitrogens is 12. The number of carboxylic acids is 1. The first-order valence-corrected chi connectivity index (χ1v) is 23.4. The van der Waals surface area contributed by atoms with Gasteiger partial charge in [0.1, 0.15) is 23.3 Å². The zero-order valence-electron chi connectivity index (χ0n) is 38.2. The zero-order chi connectivity index (χ0) is 47.6. The molecule has 4 N–H and O–H groups in total. The molecule has 4 aliphatic rings. The number of benzene rings is 2. The van der Waals surface area contributed by atoms with E-state index in [4.69, 9.17) is 24.8 Å². The minimum absolute atomic E-state index is 0.102. The van der Waals surface area contributed by atoms with Crippen molar-refractivity contribution in [3.63, 3.8) is 0 Å². The molecule has 4 saturated heterocycles. The van der Waals surface area contributed by atoms with Crippen LogP contribution in [0, 0.1) is 11.8 Å². The van der Waals surface area contributed by atoms with Crippen molar-refractivity contribution in [3.05, 3.63) is 129 Å². The number of nitrogens with zero attached hydrogens (tertiary/aromatic N) is 11. The summed E-state index contributed by atoms with van der Waals surface area (Å²) in [6, 6.07) is 14.8. The van der Waals surface area contributed by atoms with Crippen LogP contribution >= 0.6 is 0 Å². The molecule has 4 aliphatic heterocycles. The van der Waals surface area contributed by atoms with Crippen LogP contribution in [-0.2, 0) is 9.47 Å². The molecule has 12 rings (SSSR count). The number of hydrogen-bond donors (Lipinski definition) is 4. The van der Waals surface area contributed by atoms with Crippen molar-refractivity contribution >= 4 is 44.7 Å². The van der Waals surface area contributed by atoms with Gasteiger partial charge in [0.15, 0.2) is 11.0 Å². The third-order valence-electron chi connectivity index (χ3n) is 13.5. The zero-order valence-corrected chi connectivity index (χ0v) is 38.2. The Hall–Kier alpha value is -7.36. The number of amides is 1. The summed E-state index contributed by atoms with van der Waals surface area (Å²) in [4.78, 5) is 81.8. The average Bonchev–Trinajstić information content (AvgIpc) is 4.21. The van der Waals surface area contributed by atoms with Gasteiger partial charge in [-0.25, -0.2) is 43.7 Å². The second kappa shape index (κ2) is 19.7. The highest BCUT2D eigenvalue weighted by Crippen LogP contribution is 2.32. The summed E-state index contributed by atoms with van der Waals surface area (Å²) in [7, 11) is 0. The molecule has 21 heteroatoms. The summed E-state index contributed by atoms with van der Waals surface area (Å²) in [6.07, 6.45) is 9.99. The van der Waals surface area contributed by atoms with Crippen molar-refractivity contribution in [1.82, 2.24) is 69.3 Å². The number of para-hydroxylation sites is 2. The average molecular weight is 937 g/mol. The second-order valence-corrected chi connectivity index (χ2v) is 18.1. The molecule has 0 saturated carbocycles. The van der Waals surface area contributed by atoms with Crippen LogP contribution in [0.5, 0.6) is 0 Å². The van der Waals surface area contributed by atoms with Gasteiger partial charge in [-0.05, 0) is 56.2 Å². The Bertz CT molecular complexity index is 3280. The van der Waals surface area contributed by atoms with Crippen molar-refractivity contribution in [2.24, 2.45) is 11.8 Å². The minimum atomic E-state index is -1.11. The number of imidazole rings is 2. The first kappa shape index (κ1) is 45.4. The largest absolute Gasteiger partial charge is 0.475 e. The first-order chi connectivity index (χ1) is 33.6. The van der Waals surface area contributed by atoms with Gasteiger partial charge in [0.2, 0.25) is 11.6 Å². The molecule has 1 amide bonds. The highest BCUT2D eigenvalue weighted by Gasteiger charge is 2.37. The van der Waals surface area contributed by atoms with E-state index in [1.807, 2.05) is 36.4 Å². The molecule has 4 atom stereocenters. The van der Waals surface area contributed by atoms with Gasteiger partial charge in [-0.3, -0.25) is 14.4 Å². The molecule has 356 valence electrons. The molecule has 4 fully saturated rings. The lowest BCUT2D eigenvalue weighted by Crippen LogP contribution is -2.30. The summed E-state index contributed by atoms with van der Waals surface area (Å²) < 4.78 is 14.3. The van der Waals surface area contributed by atoms with Gasteiger partial charge in [0.05, 0.1) is 23.4 Å². The fraction of sp³-hybridized carbons (Fsp3) is 0.417. The third-order valence-corrected chi connectivity index (χ3v) is 13.5. The predicted molar refractivity (Wildman–Crippen MR) is 251 cm³/mol. The molecule has 0 aliphatic carbocycles. The quantitative estimate of drug-likeness (QED) is 0.183. The lowest BCUT2D eigenvalue weighted by molar-refractivity contribution is 0.0683. The van der Waals surface area contributed by atoms with Crippen LogP contribution < -0.4 is 16.4 Å². The van der Waals surface area contributed by atoms with E-state index in [1.165, 1.54) is 6.20 Å². The fourth-order valence-corrected chi connectivity index (χ4v) is 9.62. The number of carbonyl (C=O) groups is 2. The SMILES string of the molecule is CC1CN(C(=O)c2ncc3ccccc3n2)CC1c1nn2c(C3CCOCC3)ncc2c(=O)[nH]1.CC1CNCC1c1nn2c(C3CCOCC3)ncc2c(=O)[nH]1.O=C(O)c1ncc2ccccc2n1. The number of nitrogens with one attached hydrogen (secondary N) is 3. The van der Waals surface area contributed by atoms with E-state index >= 15 is 0 Å². The van der Waals surface area contributed by atoms with Gasteiger partial charge in [-0.1, -0.05) is 50.2 Å². The van der Waals surface area contributed by atoms with Crippen LogP contribution in [0.4, 0.5) is 0 Å². The molecule has 10 heterocycles. The Balaban J connectivity index is 0.000000134. The summed E-state index contributed by atoms with van der Waals surface area (Å²) in [5.41, 5.74) is 2.04. The number of aromatic carboxylic acids is 1. The highest BCUT2D eigenvalue weighted by atomic mass is 16.5. The third kappa shape index (κ3) is 9.44. The molecule has 21 nitrogen and oxygen atoms in total. The number of H-pyrrole nitrogens is 2. The normalized spacial score (nSPS) is 21.0. The maximum absolute atomic E-state index is 13.2. The van der Waals surface area contributed by atoms with E-state index in [0.29, 0.717) is 60.5 Å². The van der Waals surface area contributed by atoms with Crippen LogP contribution in [-0.4, -0.2) is 134 Å². The topological polar surface area (TPSA) is 266 Å². The monoisotopic (exact) mass is 936 g/mol. The van der Waals surface area contributed by atoms with Gasteiger partial charge in [-0.15, -0.1) is 0 Å². The van der Waals surface area contributed by atoms with Gasteiger partial charge in [-0.2, -0.15) is 10.2 Å². The smallest absolute Gasteiger partial charge is 0.373 e. The summed E-state index contributed by atoms with van der Waals surface area (Å²) in [6.45, 7) is 9.91. The number of ether oxygens (including phenoxy) is 2. The molecule has 2 aromatic carbocycles. The fourth-order valence-electron chi connectivity index (χ4n) is 9.62. The van der Waals surface area contributed by atoms with Crippen LogP contribution in [0.25, 0.3) is 32.8 Å². The van der Waals surface area contributed by atoms with E-state index in [0.717, 1.165) is 85.7 Å². The van der Waals surface area contributed by atoms with Crippen LogP contribution in [0.1, 0.15) is 108 Å². The van der Waals surface area contributed by atoms with Gasteiger partial charge >= 0.3 is 5.97 Å². The Labute approximate surface area is 393 Å². The Kier molecular flexibility index (Phi) is 13.0. The molecule has 69 heavy (non-hydrogen) atoms. The van der Waals surface area contributed by atoms with Gasteiger partial charge in [0.25, 0.3) is 17.0 Å². The molecule has 0 radical (unpaired) electrons. The van der Waals surface area contributed by atoms with Gasteiger partial charge in [0, 0.05) is 92.9 Å². The van der Waals surface area contributed by atoms with E-state index in [1.54, 1.807) is 44.7 Å². The lowest BCUT2D eigenvalue weighted by atomic mass is 9.97. The Morgan fingerprint density at radius 3 is 1.65 bits per heavy atom. The maximum atomic E-state index is 13.2. The molecule has 0 spiro atoms. The van der Waals surface area contributed by atoms with Crippen LogP contribution in [0.3, 0.4) is 0 Å². The van der Waals surface area contributed by atoms with E-state index in [2.05, 4.69) is 59.0 Å². The first-order valence-electron chi connectivity index (χ1n) is 23.4. The molecule has 6 aromatic heterocycles. The number of hydrogen-bond acceptors (Lipinski definition) is 15.